The third kappa shape index (κ3) is 3.71. The van der Waals surface area contributed by atoms with Gasteiger partial charge in [-0.2, -0.15) is 13.2 Å². The summed E-state index contributed by atoms with van der Waals surface area (Å²) < 4.78 is 43.8. The first-order chi connectivity index (χ1) is 9.88. The highest BCUT2D eigenvalue weighted by molar-refractivity contribution is 5.68. The van der Waals surface area contributed by atoms with Crippen molar-refractivity contribution in [2.75, 3.05) is 0 Å². The molecule has 0 saturated heterocycles. The lowest BCUT2D eigenvalue weighted by Crippen LogP contribution is -2.19. The van der Waals surface area contributed by atoms with E-state index in [1.165, 1.54) is 6.07 Å². The molecule has 0 fully saturated rings. The third-order valence-corrected chi connectivity index (χ3v) is 2.72. The highest BCUT2D eigenvalue weighted by Gasteiger charge is 2.36. The van der Waals surface area contributed by atoms with Crippen LogP contribution < -0.4 is 10.5 Å². The molecule has 0 atom stereocenters. The number of carbonyl (C=O) groups is 1. The maximum absolute atomic E-state index is 13.0. The van der Waals surface area contributed by atoms with Crippen LogP contribution in [-0.4, -0.2) is 11.1 Å². The number of alkyl halides is 3. The van der Waals surface area contributed by atoms with Gasteiger partial charge in [-0.05, 0) is 11.6 Å². The van der Waals surface area contributed by atoms with Gasteiger partial charge in [-0.3, -0.25) is 4.98 Å². The number of hydrogen-bond acceptors (Lipinski definition) is 3. The van der Waals surface area contributed by atoms with Crippen molar-refractivity contribution >= 4 is 6.09 Å². The van der Waals surface area contributed by atoms with E-state index in [0.29, 0.717) is 5.56 Å². The lowest BCUT2D eigenvalue weighted by atomic mass is 10.0. The minimum absolute atomic E-state index is 0.0772. The zero-order valence-electron chi connectivity index (χ0n) is 10.7. The summed E-state index contributed by atoms with van der Waals surface area (Å²) in [6.07, 6.45) is -4.98. The van der Waals surface area contributed by atoms with Gasteiger partial charge in [-0.1, -0.05) is 30.3 Å². The molecule has 0 bridgehead atoms. The molecule has 1 aromatic carbocycles. The predicted molar refractivity (Wildman–Crippen MR) is 68.7 cm³/mol. The molecule has 2 rings (SSSR count). The summed E-state index contributed by atoms with van der Waals surface area (Å²) in [7, 11) is 0. The van der Waals surface area contributed by atoms with Crippen LogP contribution in [0.5, 0.6) is 5.75 Å². The Labute approximate surface area is 118 Å². The van der Waals surface area contributed by atoms with Crippen LogP contribution in [0.1, 0.15) is 16.8 Å². The van der Waals surface area contributed by atoms with Crippen LogP contribution in [0.2, 0.25) is 0 Å². The summed E-state index contributed by atoms with van der Waals surface area (Å²) >= 11 is 0. The SMILES string of the molecule is NC(=O)Oc1ccnc(C(F)(F)F)c1Cc1ccccc1. The Morgan fingerprint density at radius 3 is 2.43 bits per heavy atom. The Hall–Kier alpha value is -2.57. The maximum Gasteiger partial charge on any atom is 0.433 e. The van der Waals surface area contributed by atoms with E-state index in [9.17, 15) is 18.0 Å². The van der Waals surface area contributed by atoms with E-state index in [2.05, 4.69) is 9.72 Å². The number of primary amides is 1. The summed E-state index contributed by atoms with van der Waals surface area (Å²) in [5.41, 5.74) is 4.19. The van der Waals surface area contributed by atoms with Crippen molar-refractivity contribution in [3.8, 4) is 5.75 Å². The number of hydrogen-bond donors (Lipinski definition) is 1. The number of amides is 1. The fourth-order valence-corrected chi connectivity index (χ4v) is 1.89. The second-order valence-corrected chi connectivity index (χ2v) is 4.22. The molecule has 2 aromatic rings. The number of nitrogens with zero attached hydrogens (tertiary/aromatic N) is 1. The lowest BCUT2D eigenvalue weighted by molar-refractivity contribution is -0.141. The quantitative estimate of drug-likeness (QED) is 0.946. The van der Waals surface area contributed by atoms with Crippen molar-refractivity contribution in [3.63, 3.8) is 0 Å². The summed E-state index contributed by atoms with van der Waals surface area (Å²) in [6, 6.07) is 9.67. The van der Waals surface area contributed by atoms with Crippen LogP contribution in [0.15, 0.2) is 42.6 Å². The van der Waals surface area contributed by atoms with E-state index in [1.54, 1.807) is 30.3 Å². The van der Waals surface area contributed by atoms with Crippen molar-refractivity contribution < 1.29 is 22.7 Å². The molecular formula is C14H11F3N2O2. The molecule has 0 aliphatic rings. The topological polar surface area (TPSA) is 65.2 Å². The Kier molecular flexibility index (Phi) is 4.11. The summed E-state index contributed by atoms with van der Waals surface area (Å²) in [5, 5.41) is 0. The van der Waals surface area contributed by atoms with Gasteiger partial charge in [-0.15, -0.1) is 0 Å². The number of pyridine rings is 1. The molecule has 110 valence electrons. The average molecular weight is 296 g/mol. The molecule has 1 aromatic heterocycles. The second-order valence-electron chi connectivity index (χ2n) is 4.22. The van der Waals surface area contributed by atoms with Gasteiger partial charge in [0, 0.05) is 18.2 Å². The molecule has 21 heavy (non-hydrogen) atoms. The number of nitrogens with two attached hydrogens (primary N) is 1. The zero-order chi connectivity index (χ0) is 15.5. The highest BCUT2D eigenvalue weighted by Crippen LogP contribution is 2.35. The second kappa shape index (κ2) is 5.82. The summed E-state index contributed by atoms with van der Waals surface area (Å²) in [6.45, 7) is 0. The fraction of sp³-hybridized carbons (Fsp3) is 0.143. The van der Waals surface area contributed by atoms with Crippen LogP contribution in [0.3, 0.4) is 0 Å². The molecule has 2 N–H and O–H groups in total. The predicted octanol–water partition coefficient (Wildman–Crippen LogP) is 3.15. The Bertz CT molecular complexity index is 642. The van der Waals surface area contributed by atoms with Gasteiger partial charge in [0.05, 0.1) is 0 Å². The van der Waals surface area contributed by atoms with E-state index < -0.39 is 18.0 Å². The van der Waals surface area contributed by atoms with Gasteiger partial charge in [0.2, 0.25) is 0 Å². The van der Waals surface area contributed by atoms with Crippen molar-refractivity contribution in [3.05, 3.63) is 59.4 Å². The molecule has 0 spiro atoms. The van der Waals surface area contributed by atoms with Gasteiger partial charge in [0.25, 0.3) is 0 Å². The van der Waals surface area contributed by atoms with Crippen molar-refractivity contribution in [1.29, 1.82) is 0 Å². The highest BCUT2D eigenvalue weighted by atomic mass is 19.4. The molecular weight excluding hydrogens is 285 g/mol. The van der Waals surface area contributed by atoms with Gasteiger partial charge < -0.3 is 10.5 Å². The number of ether oxygens (including phenoxy) is 1. The van der Waals surface area contributed by atoms with Crippen LogP contribution >= 0.6 is 0 Å². The largest absolute Gasteiger partial charge is 0.433 e. The third-order valence-electron chi connectivity index (χ3n) is 2.72. The van der Waals surface area contributed by atoms with Crippen molar-refractivity contribution in [2.24, 2.45) is 5.73 Å². The van der Waals surface area contributed by atoms with Crippen molar-refractivity contribution in [1.82, 2.24) is 4.98 Å². The maximum atomic E-state index is 13.0. The first kappa shape index (κ1) is 14.8. The van der Waals surface area contributed by atoms with E-state index >= 15 is 0 Å². The Morgan fingerprint density at radius 1 is 1.19 bits per heavy atom. The molecule has 1 heterocycles. The Morgan fingerprint density at radius 2 is 1.86 bits per heavy atom. The van der Waals surface area contributed by atoms with E-state index in [4.69, 9.17) is 5.73 Å². The molecule has 0 aliphatic heterocycles. The Balaban J connectivity index is 2.50. The normalized spacial score (nSPS) is 11.2. The lowest BCUT2D eigenvalue weighted by Gasteiger charge is -2.15. The van der Waals surface area contributed by atoms with Gasteiger partial charge >= 0.3 is 12.3 Å². The molecule has 1 amide bonds. The molecule has 0 aliphatic carbocycles. The van der Waals surface area contributed by atoms with Crippen LogP contribution in [0.25, 0.3) is 0 Å². The first-order valence-electron chi connectivity index (χ1n) is 5.94. The first-order valence-corrected chi connectivity index (χ1v) is 5.94. The number of carbonyl (C=O) groups excluding carboxylic acids is 1. The minimum atomic E-state index is -4.65. The number of rotatable bonds is 3. The van der Waals surface area contributed by atoms with E-state index in [0.717, 1.165) is 6.20 Å². The molecule has 7 heteroatoms. The standard InChI is InChI=1S/C14H11F3N2O2/c15-14(16,17)12-10(8-9-4-2-1-3-5-9)11(6-7-19-12)21-13(18)20/h1-7H,8H2,(H2,18,20). The molecule has 0 radical (unpaired) electrons. The van der Waals surface area contributed by atoms with Crippen LogP contribution in [0.4, 0.5) is 18.0 Å². The zero-order valence-corrected chi connectivity index (χ0v) is 10.7. The summed E-state index contributed by atoms with van der Waals surface area (Å²) in [4.78, 5) is 14.2. The molecule has 4 nitrogen and oxygen atoms in total. The van der Waals surface area contributed by atoms with Gasteiger partial charge in [-0.25, -0.2) is 4.79 Å². The average Bonchev–Trinajstić information content (AvgIpc) is 2.40. The van der Waals surface area contributed by atoms with E-state index in [1.807, 2.05) is 0 Å². The van der Waals surface area contributed by atoms with Gasteiger partial charge in [0.1, 0.15) is 5.75 Å². The monoisotopic (exact) mass is 296 g/mol. The van der Waals surface area contributed by atoms with Crippen LogP contribution in [0, 0.1) is 0 Å². The van der Waals surface area contributed by atoms with Crippen molar-refractivity contribution in [2.45, 2.75) is 12.6 Å². The van der Waals surface area contributed by atoms with E-state index in [-0.39, 0.29) is 17.7 Å². The smallest absolute Gasteiger partial charge is 0.410 e. The number of aromatic nitrogens is 1. The molecule has 0 unspecified atom stereocenters. The minimum Gasteiger partial charge on any atom is -0.410 e. The fourth-order valence-electron chi connectivity index (χ4n) is 1.89. The number of halogens is 3. The van der Waals surface area contributed by atoms with Gasteiger partial charge in [0.15, 0.2) is 5.69 Å². The molecule has 0 saturated carbocycles. The summed E-state index contributed by atoms with van der Waals surface area (Å²) in [5.74, 6) is -0.242. The number of benzene rings is 1. The van der Waals surface area contributed by atoms with Crippen LogP contribution in [-0.2, 0) is 12.6 Å².